The molecule has 0 spiro atoms. The third-order valence-corrected chi connectivity index (χ3v) is 2.21. The zero-order chi connectivity index (χ0) is 13.0. The van der Waals surface area contributed by atoms with Crippen LogP contribution in [-0.4, -0.2) is 27.0 Å². The molecule has 0 atom stereocenters. The summed E-state index contributed by atoms with van der Waals surface area (Å²) in [5.41, 5.74) is 0.470. The Morgan fingerprint density at radius 1 is 1.11 bits per heavy atom. The predicted molar refractivity (Wildman–Crippen MR) is 65.1 cm³/mol. The van der Waals surface area contributed by atoms with Crippen LogP contribution in [0.1, 0.15) is 0 Å². The zero-order valence-electron chi connectivity index (χ0n) is 8.98. The summed E-state index contributed by atoms with van der Waals surface area (Å²) in [5.74, 6) is -1.55. The highest BCUT2D eigenvalue weighted by Gasteiger charge is 2.14. The van der Waals surface area contributed by atoms with E-state index in [1.165, 1.54) is 6.33 Å². The lowest BCUT2D eigenvalue weighted by molar-refractivity contribution is -0.133. The monoisotopic (exact) mass is 265 g/mol. The van der Waals surface area contributed by atoms with Crippen LogP contribution in [0.3, 0.4) is 0 Å². The normalized spacial score (nSPS) is 9.83. The molecule has 18 heavy (non-hydrogen) atoms. The van der Waals surface area contributed by atoms with Crippen LogP contribution < -0.4 is 10.6 Å². The number of nitrogens with one attached hydrogen (secondary N) is 3. The number of H-pyrrole nitrogens is 1. The molecule has 0 radical (unpaired) electrons. The summed E-state index contributed by atoms with van der Waals surface area (Å²) < 4.78 is 0. The van der Waals surface area contributed by atoms with E-state index in [0.29, 0.717) is 10.7 Å². The maximum Gasteiger partial charge on any atom is 0.316 e. The van der Waals surface area contributed by atoms with E-state index in [1.54, 1.807) is 24.3 Å². The van der Waals surface area contributed by atoms with E-state index in [0.717, 1.165) is 0 Å². The van der Waals surface area contributed by atoms with E-state index in [1.807, 2.05) is 0 Å². The van der Waals surface area contributed by atoms with Crippen LogP contribution in [-0.2, 0) is 9.59 Å². The summed E-state index contributed by atoms with van der Waals surface area (Å²) in [4.78, 5) is 26.6. The van der Waals surface area contributed by atoms with Crippen molar-refractivity contribution in [2.75, 3.05) is 10.6 Å². The number of nitrogens with zero attached hydrogens (tertiary/aromatic N) is 2. The maximum absolute atomic E-state index is 11.5. The van der Waals surface area contributed by atoms with E-state index in [4.69, 9.17) is 11.6 Å². The first kappa shape index (κ1) is 12.1. The molecule has 8 heteroatoms. The van der Waals surface area contributed by atoms with Gasteiger partial charge in [0.1, 0.15) is 6.33 Å². The van der Waals surface area contributed by atoms with Crippen LogP contribution in [0.25, 0.3) is 0 Å². The molecule has 3 N–H and O–H groups in total. The van der Waals surface area contributed by atoms with Crippen molar-refractivity contribution in [3.63, 3.8) is 0 Å². The Balaban J connectivity index is 1.95. The molecule has 0 saturated heterocycles. The number of hydrogen-bond acceptors (Lipinski definition) is 4. The van der Waals surface area contributed by atoms with Gasteiger partial charge in [0.15, 0.2) is 0 Å². The molecule has 1 heterocycles. The van der Waals surface area contributed by atoms with Crippen LogP contribution >= 0.6 is 11.6 Å². The van der Waals surface area contributed by atoms with E-state index in [9.17, 15) is 9.59 Å². The highest BCUT2D eigenvalue weighted by atomic mass is 35.5. The fourth-order valence-corrected chi connectivity index (χ4v) is 1.28. The molecule has 0 aliphatic rings. The van der Waals surface area contributed by atoms with Gasteiger partial charge in [0.25, 0.3) is 0 Å². The molecular weight excluding hydrogens is 258 g/mol. The summed E-state index contributed by atoms with van der Waals surface area (Å²) in [6.45, 7) is 0. The lowest BCUT2D eigenvalue weighted by atomic mass is 10.3. The van der Waals surface area contributed by atoms with Gasteiger partial charge in [-0.05, 0) is 24.3 Å². The Bertz CT molecular complexity index is 552. The summed E-state index contributed by atoms with van der Waals surface area (Å²) in [6.07, 6.45) is 1.21. The van der Waals surface area contributed by atoms with E-state index < -0.39 is 11.8 Å². The lowest BCUT2D eigenvalue weighted by Gasteiger charge is -2.04. The van der Waals surface area contributed by atoms with Gasteiger partial charge in [0.2, 0.25) is 5.95 Å². The highest BCUT2D eigenvalue weighted by molar-refractivity contribution is 6.43. The Kier molecular flexibility index (Phi) is 3.54. The number of aromatic amines is 1. The first-order valence-corrected chi connectivity index (χ1v) is 5.26. The predicted octanol–water partition coefficient (Wildman–Crippen LogP) is 1.04. The largest absolute Gasteiger partial charge is 0.318 e. The number of amides is 2. The van der Waals surface area contributed by atoms with Crippen molar-refractivity contribution >= 4 is 35.1 Å². The number of aromatic nitrogens is 3. The quantitative estimate of drug-likeness (QED) is 0.706. The van der Waals surface area contributed by atoms with Crippen LogP contribution in [0.15, 0.2) is 30.6 Å². The third-order valence-electron chi connectivity index (χ3n) is 1.96. The van der Waals surface area contributed by atoms with Gasteiger partial charge >= 0.3 is 11.8 Å². The van der Waals surface area contributed by atoms with Gasteiger partial charge in [0, 0.05) is 10.7 Å². The fraction of sp³-hybridized carbons (Fsp3) is 0. The minimum atomic E-state index is -0.846. The number of anilines is 2. The molecule has 0 aliphatic carbocycles. The van der Waals surface area contributed by atoms with Crippen LogP contribution in [0.4, 0.5) is 11.6 Å². The number of halogens is 1. The molecule has 0 unspecified atom stereocenters. The minimum absolute atomic E-state index is 0.103. The highest BCUT2D eigenvalue weighted by Crippen LogP contribution is 2.13. The molecule has 0 aliphatic heterocycles. The van der Waals surface area contributed by atoms with Gasteiger partial charge in [-0.3, -0.25) is 14.9 Å². The molecule has 2 rings (SSSR count). The Hall–Kier alpha value is -2.41. The van der Waals surface area contributed by atoms with Crippen LogP contribution in [0.5, 0.6) is 0 Å². The summed E-state index contributed by atoms with van der Waals surface area (Å²) >= 11 is 5.69. The molecule has 2 aromatic rings. The topological polar surface area (TPSA) is 99.8 Å². The molecule has 0 fully saturated rings. The van der Waals surface area contributed by atoms with Crippen molar-refractivity contribution in [2.24, 2.45) is 0 Å². The Labute approximate surface area is 107 Å². The van der Waals surface area contributed by atoms with Crippen molar-refractivity contribution in [1.82, 2.24) is 15.2 Å². The minimum Gasteiger partial charge on any atom is -0.318 e. The van der Waals surface area contributed by atoms with E-state index >= 15 is 0 Å². The zero-order valence-corrected chi connectivity index (χ0v) is 9.73. The standard InChI is InChI=1S/C10H8ClN5O2/c11-6-1-3-7(4-2-6)14-8(17)9(18)15-10-12-5-13-16-10/h1-5H,(H,14,17)(H2,12,13,15,16,18). The number of hydrogen-bond donors (Lipinski definition) is 3. The number of rotatable bonds is 2. The van der Waals surface area contributed by atoms with Gasteiger partial charge in [-0.1, -0.05) is 11.6 Å². The first-order valence-electron chi connectivity index (χ1n) is 4.88. The molecule has 1 aromatic heterocycles. The van der Waals surface area contributed by atoms with Gasteiger partial charge < -0.3 is 5.32 Å². The molecule has 2 amide bonds. The maximum atomic E-state index is 11.5. The van der Waals surface area contributed by atoms with Crippen molar-refractivity contribution in [2.45, 2.75) is 0 Å². The number of carbonyl (C=O) groups excluding carboxylic acids is 2. The average molecular weight is 266 g/mol. The molecule has 1 aromatic carbocycles. The molecule has 7 nitrogen and oxygen atoms in total. The average Bonchev–Trinajstić information content (AvgIpc) is 2.85. The summed E-state index contributed by atoms with van der Waals surface area (Å²) in [6, 6.07) is 6.38. The van der Waals surface area contributed by atoms with Crippen molar-refractivity contribution in [1.29, 1.82) is 0 Å². The van der Waals surface area contributed by atoms with Gasteiger partial charge in [-0.15, -0.1) is 0 Å². The van der Waals surface area contributed by atoms with Crippen molar-refractivity contribution < 1.29 is 9.59 Å². The molecular formula is C10H8ClN5O2. The van der Waals surface area contributed by atoms with Gasteiger partial charge in [-0.25, -0.2) is 5.10 Å². The lowest BCUT2D eigenvalue weighted by Crippen LogP contribution is -2.29. The smallest absolute Gasteiger partial charge is 0.316 e. The van der Waals surface area contributed by atoms with Crippen molar-refractivity contribution in [3.8, 4) is 0 Å². The Morgan fingerprint density at radius 2 is 1.78 bits per heavy atom. The van der Waals surface area contributed by atoms with Crippen molar-refractivity contribution in [3.05, 3.63) is 35.6 Å². The molecule has 0 bridgehead atoms. The van der Waals surface area contributed by atoms with Gasteiger partial charge in [-0.2, -0.15) is 10.1 Å². The first-order chi connectivity index (χ1) is 8.65. The summed E-state index contributed by atoms with van der Waals surface area (Å²) in [7, 11) is 0. The van der Waals surface area contributed by atoms with Crippen LogP contribution in [0, 0.1) is 0 Å². The number of benzene rings is 1. The Morgan fingerprint density at radius 3 is 2.39 bits per heavy atom. The second kappa shape index (κ2) is 5.28. The second-order valence-corrected chi connectivity index (χ2v) is 3.69. The molecule has 92 valence electrons. The molecule has 0 saturated carbocycles. The second-order valence-electron chi connectivity index (χ2n) is 3.25. The van der Waals surface area contributed by atoms with Gasteiger partial charge in [0.05, 0.1) is 0 Å². The summed E-state index contributed by atoms with van der Waals surface area (Å²) in [5, 5.41) is 11.1. The SMILES string of the molecule is O=C(Nc1ccc(Cl)cc1)C(=O)Nc1ncn[nH]1. The number of carbonyl (C=O) groups is 2. The van der Waals surface area contributed by atoms with Crippen LogP contribution in [0.2, 0.25) is 5.02 Å². The third kappa shape index (κ3) is 3.05. The van der Waals surface area contributed by atoms with E-state index in [2.05, 4.69) is 25.8 Å². The fourth-order valence-electron chi connectivity index (χ4n) is 1.15. The van der Waals surface area contributed by atoms with E-state index in [-0.39, 0.29) is 5.95 Å².